The highest BCUT2D eigenvalue weighted by Crippen LogP contribution is 2.80. The number of esters is 1. The van der Waals surface area contributed by atoms with Crippen molar-refractivity contribution in [3.05, 3.63) is 0 Å². The van der Waals surface area contributed by atoms with Crippen LogP contribution >= 0.6 is 21.3 Å². The molecule has 1 heterocycles. The van der Waals surface area contributed by atoms with Crippen molar-refractivity contribution in [2.45, 2.75) is 26.2 Å². The van der Waals surface area contributed by atoms with E-state index in [2.05, 4.69) is 20.4 Å². The van der Waals surface area contributed by atoms with E-state index < -0.39 is 27.2 Å². The average molecular weight is 428 g/mol. The molecule has 1 saturated heterocycles. The second kappa shape index (κ2) is 8.69. The minimum absolute atomic E-state index is 0.0645. The Bertz CT molecular complexity index is 579. The van der Waals surface area contributed by atoms with Crippen LogP contribution in [-0.2, 0) is 60.0 Å². The van der Waals surface area contributed by atoms with Crippen molar-refractivity contribution in [3.8, 4) is 0 Å². The summed E-state index contributed by atoms with van der Waals surface area (Å²) >= 11 is 9.24. The van der Waals surface area contributed by atoms with E-state index in [1.54, 1.807) is 6.92 Å². The molecule has 3 atom stereocenters. The first-order chi connectivity index (χ1) is 10.5. The smallest absolute Gasteiger partial charge is 0.463 e. The Morgan fingerprint density at radius 3 is 2.30 bits per heavy atom. The van der Waals surface area contributed by atoms with Gasteiger partial charge in [0, 0.05) is 12.8 Å². The number of carbonyl (C=O) groups excluding carboxylic acids is 2. The van der Waals surface area contributed by atoms with Crippen LogP contribution in [0.15, 0.2) is 0 Å². The Balaban J connectivity index is 2.39. The zero-order chi connectivity index (χ0) is 17.7. The van der Waals surface area contributed by atoms with Crippen LogP contribution in [0.5, 0.6) is 0 Å². The molecule has 10 nitrogen and oxygen atoms in total. The SMILES string of the molecule is CCC(=O)CCC(=O)OCCOP1(=S)OP(=O)(O)OP(O)(=S)O1. The van der Waals surface area contributed by atoms with Crippen LogP contribution in [0, 0.1) is 0 Å². The molecule has 0 aromatic heterocycles. The van der Waals surface area contributed by atoms with E-state index in [-0.39, 0.29) is 31.8 Å². The predicted molar refractivity (Wildman–Crippen MR) is 85.3 cm³/mol. The van der Waals surface area contributed by atoms with Gasteiger partial charge in [-0.25, -0.2) is 17.5 Å². The largest absolute Gasteiger partial charge is 0.486 e. The molecular formula is C8H15O10P3S2. The van der Waals surface area contributed by atoms with Crippen LogP contribution < -0.4 is 0 Å². The molecule has 0 saturated carbocycles. The lowest BCUT2D eigenvalue weighted by Crippen LogP contribution is -2.13. The summed E-state index contributed by atoms with van der Waals surface area (Å²) in [7, 11) is -4.68. The van der Waals surface area contributed by atoms with Gasteiger partial charge >= 0.3 is 27.2 Å². The highest BCUT2D eigenvalue weighted by molar-refractivity contribution is 8.17. The Morgan fingerprint density at radius 2 is 1.74 bits per heavy atom. The molecule has 1 aliphatic rings. The average Bonchev–Trinajstić information content (AvgIpc) is 2.36. The number of carbonyl (C=O) groups is 2. The van der Waals surface area contributed by atoms with Crippen molar-refractivity contribution in [2.24, 2.45) is 0 Å². The monoisotopic (exact) mass is 428 g/mol. The molecule has 1 aliphatic heterocycles. The van der Waals surface area contributed by atoms with E-state index in [1.165, 1.54) is 0 Å². The third-order valence-corrected chi connectivity index (χ3v) is 10.3. The van der Waals surface area contributed by atoms with E-state index >= 15 is 0 Å². The van der Waals surface area contributed by atoms with Crippen LogP contribution in [0.4, 0.5) is 0 Å². The fourth-order valence-corrected chi connectivity index (χ4v) is 9.90. The van der Waals surface area contributed by atoms with Gasteiger partial charge in [-0.3, -0.25) is 9.59 Å². The van der Waals surface area contributed by atoms with Crippen molar-refractivity contribution < 1.29 is 46.1 Å². The molecular weight excluding hydrogens is 413 g/mol. The first-order valence-corrected chi connectivity index (χ1v) is 12.8. The third kappa shape index (κ3) is 8.38. The molecule has 0 radical (unpaired) electrons. The van der Waals surface area contributed by atoms with Crippen LogP contribution in [0.2, 0.25) is 0 Å². The lowest BCUT2D eigenvalue weighted by Gasteiger charge is -2.31. The Kier molecular flexibility index (Phi) is 8.11. The topological polar surface area (TPSA) is 138 Å². The van der Waals surface area contributed by atoms with Gasteiger partial charge in [0.25, 0.3) is 0 Å². The highest BCUT2D eigenvalue weighted by atomic mass is 32.5. The molecule has 15 heteroatoms. The summed E-state index contributed by atoms with van der Waals surface area (Å²) in [6.45, 7) is -6.75. The van der Waals surface area contributed by atoms with Gasteiger partial charge in [-0.1, -0.05) is 6.92 Å². The molecule has 3 unspecified atom stereocenters. The Morgan fingerprint density at radius 1 is 1.09 bits per heavy atom. The standard InChI is InChI=1S/C8H15O10P3S2/c1-2-7(9)3-4-8(10)14-5-6-15-21(23)17-19(11,12)16-20(13,22)18-21/h2-6H2,1H3,(H,11,12)(H,13,22). The number of ether oxygens (including phenoxy) is 1. The second-order valence-electron chi connectivity index (χ2n) is 4.08. The Hall–Kier alpha value is 0.430. The lowest BCUT2D eigenvalue weighted by atomic mass is 10.2. The van der Waals surface area contributed by atoms with E-state index in [4.69, 9.17) is 25.4 Å². The van der Waals surface area contributed by atoms with E-state index in [9.17, 15) is 23.9 Å². The lowest BCUT2D eigenvalue weighted by molar-refractivity contribution is -0.145. The van der Waals surface area contributed by atoms with Gasteiger partial charge in [0.05, 0.1) is 13.0 Å². The van der Waals surface area contributed by atoms with Crippen LogP contribution in [0.25, 0.3) is 0 Å². The van der Waals surface area contributed by atoms with Gasteiger partial charge in [0.1, 0.15) is 12.4 Å². The Labute approximate surface area is 142 Å². The van der Waals surface area contributed by atoms with Crippen molar-refractivity contribution in [3.63, 3.8) is 0 Å². The number of ketones is 1. The van der Waals surface area contributed by atoms with Crippen molar-refractivity contribution >= 4 is 56.6 Å². The fourth-order valence-electron chi connectivity index (χ4n) is 1.27. The zero-order valence-electron chi connectivity index (χ0n) is 11.9. The molecule has 0 spiro atoms. The molecule has 134 valence electrons. The summed E-state index contributed by atoms with van der Waals surface area (Å²) in [5, 5.41) is 0. The first-order valence-electron chi connectivity index (χ1n) is 6.18. The number of rotatable bonds is 8. The number of hydrogen-bond donors (Lipinski definition) is 2. The maximum atomic E-state index is 11.4. The molecule has 0 aliphatic carbocycles. The van der Waals surface area contributed by atoms with Gasteiger partial charge in [-0.15, -0.1) is 0 Å². The summed E-state index contributed by atoms with van der Waals surface area (Å²) in [5.74, 6) is -0.675. The molecule has 0 aromatic rings. The van der Waals surface area contributed by atoms with Gasteiger partial charge in [0.15, 0.2) is 0 Å². The molecule has 0 bridgehead atoms. The summed E-state index contributed by atoms with van der Waals surface area (Å²) < 4.78 is 34.5. The number of Topliss-reactive ketones (excluding diaryl/α,β-unsaturated/α-hetero) is 1. The molecule has 1 rings (SSSR count). The normalized spacial score (nSPS) is 34.0. The van der Waals surface area contributed by atoms with E-state index in [1.807, 2.05) is 0 Å². The quantitative estimate of drug-likeness (QED) is 0.332. The summed E-state index contributed by atoms with van der Waals surface area (Å²) in [4.78, 5) is 41.1. The molecule has 2 N–H and O–H groups in total. The van der Waals surface area contributed by atoms with Gasteiger partial charge < -0.3 is 19.0 Å². The first kappa shape index (κ1) is 21.5. The van der Waals surface area contributed by atoms with Gasteiger partial charge in [-0.05, 0) is 23.6 Å². The molecule has 0 amide bonds. The minimum Gasteiger partial charge on any atom is -0.463 e. The van der Waals surface area contributed by atoms with Crippen LogP contribution in [-0.4, -0.2) is 34.8 Å². The van der Waals surface area contributed by atoms with Crippen LogP contribution in [0.1, 0.15) is 26.2 Å². The molecule has 1 fully saturated rings. The number of phosphoric acid groups is 1. The number of hydrogen-bond acceptors (Lipinski definition) is 10. The van der Waals surface area contributed by atoms with Crippen molar-refractivity contribution in [2.75, 3.05) is 13.2 Å². The van der Waals surface area contributed by atoms with Gasteiger partial charge in [-0.2, -0.15) is 0 Å². The maximum Gasteiger partial charge on any atom is 0.486 e. The zero-order valence-corrected chi connectivity index (χ0v) is 16.2. The van der Waals surface area contributed by atoms with E-state index in [0.717, 1.165) is 0 Å². The highest BCUT2D eigenvalue weighted by Gasteiger charge is 2.48. The summed E-state index contributed by atoms with van der Waals surface area (Å²) in [6, 6.07) is 0. The third-order valence-electron chi connectivity index (χ3n) is 2.21. The van der Waals surface area contributed by atoms with E-state index in [0.29, 0.717) is 6.42 Å². The van der Waals surface area contributed by atoms with Gasteiger partial charge in [0.2, 0.25) is 0 Å². The van der Waals surface area contributed by atoms with Crippen molar-refractivity contribution in [1.82, 2.24) is 0 Å². The second-order valence-corrected chi connectivity index (χ2v) is 11.8. The fraction of sp³-hybridized carbons (Fsp3) is 0.750. The summed E-state index contributed by atoms with van der Waals surface area (Å²) in [6.07, 6.45) is 0.355. The van der Waals surface area contributed by atoms with Crippen molar-refractivity contribution in [1.29, 1.82) is 0 Å². The minimum atomic E-state index is -4.68. The maximum absolute atomic E-state index is 11.4. The van der Waals surface area contributed by atoms with Crippen LogP contribution in [0.3, 0.4) is 0 Å². The molecule has 23 heavy (non-hydrogen) atoms. The molecule has 0 aromatic carbocycles. The summed E-state index contributed by atoms with van der Waals surface area (Å²) in [5.41, 5.74) is 0. The predicted octanol–water partition coefficient (Wildman–Crippen LogP) is 1.91.